The van der Waals surface area contributed by atoms with Crippen molar-refractivity contribution in [2.45, 2.75) is 49.8 Å². The zero-order chi connectivity index (χ0) is 26.6. The van der Waals surface area contributed by atoms with Gasteiger partial charge in [0.25, 0.3) is 0 Å². The molecule has 1 heterocycles. The number of benzene rings is 2. The van der Waals surface area contributed by atoms with Crippen LogP contribution >= 0.6 is 23.2 Å². The summed E-state index contributed by atoms with van der Waals surface area (Å²) in [5.74, 6) is -2.04. The lowest BCUT2D eigenvalue weighted by molar-refractivity contribution is -0.211. The van der Waals surface area contributed by atoms with Gasteiger partial charge in [-0.1, -0.05) is 29.3 Å². The number of nitrogens with zero attached hydrogens (tertiary/aromatic N) is 1. The van der Waals surface area contributed by atoms with Crippen molar-refractivity contribution >= 4 is 34.8 Å². The van der Waals surface area contributed by atoms with Crippen molar-refractivity contribution in [2.24, 2.45) is 5.92 Å². The van der Waals surface area contributed by atoms with Crippen LogP contribution in [0.3, 0.4) is 0 Å². The first-order valence-electron chi connectivity index (χ1n) is 10.8. The fourth-order valence-corrected chi connectivity index (χ4v) is 5.01. The minimum absolute atomic E-state index is 0.228. The first-order valence-corrected chi connectivity index (χ1v) is 11.6. The number of rotatable bonds is 5. The topological polar surface area (TPSA) is 52.6 Å². The Labute approximate surface area is 211 Å². The summed E-state index contributed by atoms with van der Waals surface area (Å²) in [7, 11) is 0. The van der Waals surface area contributed by atoms with Gasteiger partial charge in [0, 0.05) is 35.3 Å². The Kier molecular flexibility index (Phi) is 6.89. The summed E-state index contributed by atoms with van der Waals surface area (Å²) in [6, 6.07) is 4.36. The maximum absolute atomic E-state index is 14.8. The first-order chi connectivity index (χ1) is 16.7. The molecule has 0 bridgehead atoms. The van der Waals surface area contributed by atoms with Gasteiger partial charge in [-0.05, 0) is 49.1 Å². The number of hydrogen-bond acceptors (Lipinski definition) is 3. The van der Waals surface area contributed by atoms with Crippen molar-refractivity contribution in [2.75, 3.05) is 11.4 Å². The van der Waals surface area contributed by atoms with E-state index < -0.39 is 65.5 Å². The maximum atomic E-state index is 14.8. The van der Waals surface area contributed by atoms with E-state index >= 15 is 0 Å². The van der Waals surface area contributed by atoms with E-state index in [1.807, 2.05) is 0 Å². The summed E-state index contributed by atoms with van der Waals surface area (Å²) in [4.78, 5) is 12.6. The van der Waals surface area contributed by atoms with Crippen molar-refractivity contribution in [3.05, 3.63) is 62.9 Å². The van der Waals surface area contributed by atoms with Crippen LogP contribution < -0.4 is 10.2 Å². The molecule has 2 aromatic rings. The largest absolute Gasteiger partial charge is 0.416 e. The van der Waals surface area contributed by atoms with Crippen LogP contribution in [0.1, 0.15) is 36.0 Å². The molecule has 1 amide bonds. The highest BCUT2D eigenvalue weighted by molar-refractivity contribution is 6.34. The Morgan fingerprint density at radius 3 is 2.36 bits per heavy atom. The van der Waals surface area contributed by atoms with E-state index in [0.29, 0.717) is 25.0 Å². The van der Waals surface area contributed by atoms with Crippen molar-refractivity contribution in [3.8, 4) is 0 Å². The molecular weight excluding hydrogens is 540 g/mol. The highest BCUT2D eigenvalue weighted by Gasteiger charge is 2.66. The second-order valence-corrected chi connectivity index (χ2v) is 9.71. The molecule has 4 rings (SSSR count). The molecule has 2 fully saturated rings. The SMILES string of the molecule is O=C(NCc1ccc(N2CCC(c3cc(Cl)cc(Cl)c3F)(C(F)(F)F)C2O)cc1C(F)(F)F)C1CC1. The molecule has 0 radical (unpaired) electrons. The number of carbonyl (C=O) groups is 1. The van der Waals surface area contributed by atoms with E-state index in [-0.39, 0.29) is 28.1 Å². The van der Waals surface area contributed by atoms with Crippen LogP contribution in [0.2, 0.25) is 10.0 Å². The molecule has 13 heteroatoms. The van der Waals surface area contributed by atoms with Crippen LogP contribution in [0.5, 0.6) is 0 Å². The van der Waals surface area contributed by atoms with Crippen molar-refractivity contribution in [1.82, 2.24) is 5.32 Å². The Bertz CT molecular complexity index is 1180. The van der Waals surface area contributed by atoms with Crippen LogP contribution in [0, 0.1) is 11.7 Å². The molecule has 4 nitrogen and oxygen atoms in total. The van der Waals surface area contributed by atoms with Crippen LogP contribution in [0.25, 0.3) is 0 Å². The molecule has 196 valence electrons. The fourth-order valence-electron chi connectivity index (χ4n) is 4.51. The number of halogens is 9. The molecule has 36 heavy (non-hydrogen) atoms. The smallest absolute Gasteiger partial charge is 0.372 e. The monoisotopic (exact) mass is 558 g/mol. The lowest BCUT2D eigenvalue weighted by Crippen LogP contribution is -2.53. The van der Waals surface area contributed by atoms with Gasteiger partial charge < -0.3 is 15.3 Å². The summed E-state index contributed by atoms with van der Waals surface area (Å²) in [5, 5.41) is 12.3. The summed E-state index contributed by atoms with van der Waals surface area (Å²) in [5.41, 5.74) is -6.03. The Morgan fingerprint density at radius 1 is 1.11 bits per heavy atom. The van der Waals surface area contributed by atoms with Crippen LogP contribution in [0.15, 0.2) is 30.3 Å². The zero-order valence-electron chi connectivity index (χ0n) is 18.3. The number of aliphatic hydroxyl groups is 1. The van der Waals surface area contributed by atoms with Gasteiger partial charge in [-0.15, -0.1) is 0 Å². The average Bonchev–Trinajstić information content (AvgIpc) is 3.56. The molecule has 1 saturated heterocycles. The van der Waals surface area contributed by atoms with Gasteiger partial charge in [-0.2, -0.15) is 26.3 Å². The van der Waals surface area contributed by atoms with Crippen molar-refractivity contribution in [1.29, 1.82) is 0 Å². The summed E-state index contributed by atoms with van der Waals surface area (Å²) >= 11 is 11.5. The standard InChI is InChI=1S/C23H19Cl2F7N2O2/c24-13-7-16(18(26)17(25)8-13)21(23(30,31)32)5-6-34(20(21)36)14-4-3-12(15(9-14)22(27,28)29)10-33-19(35)11-1-2-11/h3-4,7-9,11,20,36H,1-2,5-6,10H2,(H,33,35). The van der Waals surface area contributed by atoms with Gasteiger partial charge in [0.05, 0.1) is 10.6 Å². The first kappa shape index (κ1) is 26.8. The molecule has 2 aromatic carbocycles. The lowest BCUT2D eigenvalue weighted by atomic mass is 9.77. The molecular formula is C23H19Cl2F7N2O2. The summed E-state index contributed by atoms with van der Waals surface area (Å²) < 4.78 is 99.4. The van der Waals surface area contributed by atoms with Gasteiger partial charge in [0.15, 0.2) is 0 Å². The van der Waals surface area contributed by atoms with E-state index in [4.69, 9.17) is 23.2 Å². The highest BCUT2D eigenvalue weighted by Crippen LogP contribution is 2.53. The minimum atomic E-state index is -5.21. The van der Waals surface area contributed by atoms with Crippen molar-refractivity contribution in [3.63, 3.8) is 0 Å². The van der Waals surface area contributed by atoms with E-state index in [1.165, 1.54) is 0 Å². The maximum Gasteiger partial charge on any atom is 0.416 e. The Hall–Kier alpha value is -2.24. The summed E-state index contributed by atoms with van der Waals surface area (Å²) in [6.45, 7) is -0.967. The molecule has 2 atom stereocenters. The van der Waals surface area contributed by atoms with Crippen LogP contribution in [0.4, 0.5) is 36.4 Å². The number of aliphatic hydroxyl groups excluding tert-OH is 1. The van der Waals surface area contributed by atoms with Crippen LogP contribution in [-0.2, 0) is 22.9 Å². The van der Waals surface area contributed by atoms with Gasteiger partial charge in [-0.25, -0.2) is 4.39 Å². The third kappa shape index (κ3) is 4.72. The third-order valence-electron chi connectivity index (χ3n) is 6.59. The van der Waals surface area contributed by atoms with E-state index in [0.717, 1.165) is 23.1 Å². The van der Waals surface area contributed by atoms with E-state index in [9.17, 15) is 40.6 Å². The molecule has 1 saturated carbocycles. The van der Waals surface area contributed by atoms with Gasteiger partial charge in [0.2, 0.25) is 5.91 Å². The van der Waals surface area contributed by atoms with E-state index in [1.54, 1.807) is 0 Å². The van der Waals surface area contributed by atoms with Gasteiger partial charge >= 0.3 is 12.4 Å². The molecule has 1 aliphatic heterocycles. The van der Waals surface area contributed by atoms with E-state index in [2.05, 4.69) is 5.32 Å². The summed E-state index contributed by atoms with van der Waals surface area (Å²) in [6.07, 6.45) is -12.1. The number of anilines is 1. The Balaban J connectivity index is 1.72. The number of nitrogens with one attached hydrogen (secondary N) is 1. The second-order valence-electron chi connectivity index (χ2n) is 8.87. The number of alkyl halides is 6. The number of amides is 1. The molecule has 0 spiro atoms. The van der Waals surface area contributed by atoms with Crippen LogP contribution in [-0.4, -0.2) is 30.0 Å². The quantitative estimate of drug-likeness (QED) is 0.339. The zero-order valence-corrected chi connectivity index (χ0v) is 19.8. The molecule has 0 aromatic heterocycles. The lowest BCUT2D eigenvalue weighted by Gasteiger charge is -2.37. The predicted octanol–water partition coefficient (Wildman–Crippen LogP) is 6.21. The molecule has 2 N–H and O–H groups in total. The van der Waals surface area contributed by atoms with Gasteiger partial charge in [0.1, 0.15) is 17.5 Å². The second kappa shape index (κ2) is 9.25. The molecule has 1 aliphatic carbocycles. The highest BCUT2D eigenvalue weighted by atomic mass is 35.5. The fraction of sp³-hybridized carbons (Fsp3) is 0.435. The molecule has 2 unspecified atom stereocenters. The predicted molar refractivity (Wildman–Crippen MR) is 118 cm³/mol. The number of carbonyl (C=O) groups excluding carboxylic acids is 1. The average molecular weight is 559 g/mol. The Morgan fingerprint density at radius 2 is 1.78 bits per heavy atom. The minimum Gasteiger partial charge on any atom is -0.372 e. The molecule has 2 aliphatic rings. The third-order valence-corrected chi connectivity index (χ3v) is 7.09. The van der Waals surface area contributed by atoms with Crippen molar-refractivity contribution < 1.29 is 40.6 Å². The number of hydrogen-bond donors (Lipinski definition) is 2. The van der Waals surface area contributed by atoms with Gasteiger partial charge in [-0.3, -0.25) is 4.79 Å². The normalized spacial score (nSPS) is 22.7.